The van der Waals surface area contributed by atoms with Crippen LogP contribution in [0.4, 0.5) is 0 Å². The summed E-state index contributed by atoms with van der Waals surface area (Å²) in [5.41, 5.74) is 6.71. The third-order valence-corrected chi connectivity index (χ3v) is 4.73. The molecule has 1 aliphatic rings. The van der Waals surface area contributed by atoms with Gasteiger partial charge in [-0.2, -0.15) is 0 Å². The molecule has 2 heterocycles. The fourth-order valence-corrected chi connectivity index (χ4v) is 3.11. The van der Waals surface area contributed by atoms with Crippen molar-refractivity contribution in [3.63, 3.8) is 0 Å². The summed E-state index contributed by atoms with van der Waals surface area (Å²) >= 11 is 0. The molecular formula is C20H22N4O3. The number of aryl methyl sites for hydroxylation is 1. The van der Waals surface area contributed by atoms with Crippen LogP contribution in [0, 0.1) is 12.8 Å². The van der Waals surface area contributed by atoms with Crippen molar-refractivity contribution < 1.29 is 14.4 Å². The van der Waals surface area contributed by atoms with Crippen molar-refractivity contribution in [1.29, 1.82) is 0 Å². The van der Waals surface area contributed by atoms with Crippen LogP contribution in [0.25, 0.3) is 0 Å². The van der Waals surface area contributed by atoms with Gasteiger partial charge in [-0.15, -0.1) is 0 Å². The number of rotatable bonds is 3. The van der Waals surface area contributed by atoms with Gasteiger partial charge in [-0.25, -0.2) is 0 Å². The quantitative estimate of drug-likeness (QED) is 0.809. The lowest BCUT2D eigenvalue weighted by Gasteiger charge is -2.31. The molecule has 7 heteroatoms. The fraction of sp³-hybridized carbons (Fsp3) is 0.300. The van der Waals surface area contributed by atoms with Gasteiger partial charge in [0.05, 0.1) is 0 Å². The molecule has 1 aromatic heterocycles. The minimum atomic E-state index is -0.462. The van der Waals surface area contributed by atoms with E-state index in [1.165, 1.54) is 6.20 Å². The maximum absolute atomic E-state index is 12.6. The highest BCUT2D eigenvalue weighted by atomic mass is 16.2. The van der Waals surface area contributed by atoms with Gasteiger partial charge < -0.3 is 4.90 Å². The molecule has 1 fully saturated rings. The van der Waals surface area contributed by atoms with E-state index in [-0.39, 0.29) is 23.4 Å². The third kappa shape index (κ3) is 4.49. The van der Waals surface area contributed by atoms with Gasteiger partial charge in [0.25, 0.3) is 11.8 Å². The van der Waals surface area contributed by atoms with Crippen LogP contribution in [0.1, 0.15) is 39.3 Å². The summed E-state index contributed by atoms with van der Waals surface area (Å²) in [6.45, 7) is 2.94. The summed E-state index contributed by atoms with van der Waals surface area (Å²) < 4.78 is 0. The minimum absolute atomic E-state index is 0.00425. The van der Waals surface area contributed by atoms with E-state index in [1.54, 1.807) is 23.1 Å². The number of amides is 3. The van der Waals surface area contributed by atoms with Gasteiger partial charge in [-0.1, -0.05) is 24.3 Å². The SMILES string of the molecule is Cc1ccccc1C(=O)N1CCC(C(=O)NNC(=O)c2ccccn2)CC1. The Kier molecular flexibility index (Phi) is 5.80. The first-order valence-corrected chi connectivity index (χ1v) is 8.92. The Morgan fingerprint density at radius 1 is 1.00 bits per heavy atom. The number of carbonyl (C=O) groups is 3. The molecule has 7 nitrogen and oxygen atoms in total. The summed E-state index contributed by atoms with van der Waals surface area (Å²) in [5.74, 6) is -0.955. The van der Waals surface area contributed by atoms with Gasteiger partial charge in [0.15, 0.2) is 0 Å². The number of nitrogens with zero attached hydrogens (tertiary/aromatic N) is 2. The second kappa shape index (κ2) is 8.44. The van der Waals surface area contributed by atoms with Crippen LogP contribution in [0.15, 0.2) is 48.7 Å². The second-order valence-electron chi connectivity index (χ2n) is 6.54. The van der Waals surface area contributed by atoms with Crippen LogP contribution < -0.4 is 10.9 Å². The lowest BCUT2D eigenvalue weighted by atomic mass is 9.95. The molecule has 0 spiro atoms. The van der Waals surface area contributed by atoms with Crippen molar-refractivity contribution >= 4 is 17.7 Å². The standard InChI is InChI=1S/C20H22N4O3/c1-14-6-2-3-7-16(14)20(27)24-12-9-15(10-13-24)18(25)22-23-19(26)17-8-4-5-11-21-17/h2-8,11,15H,9-10,12-13H2,1H3,(H,22,25)(H,23,26). The van der Waals surface area contributed by atoms with E-state index >= 15 is 0 Å². The summed E-state index contributed by atoms with van der Waals surface area (Å²) in [6.07, 6.45) is 2.63. The molecule has 0 unspecified atom stereocenters. The monoisotopic (exact) mass is 366 g/mol. The van der Waals surface area contributed by atoms with E-state index in [4.69, 9.17) is 0 Å². The van der Waals surface area contributed by atoms with Crippen molar-refractivity contribution in [2.45, 2.75) is 19.8 Å². The van der Waals surface area contributed by atoms with Crippen LogP contribution in [0.3, 0.4) is 0 Å². The number of piperidine rings is 1. The highest BCUT2D eigenvalue weighted by Gasteiger charge is 2.28. The molecule has 140 valence electrons. The Balaban J connectivity index is 1.49. The molecule has 3 rings (SSSR count). The van der Waals surface area contributed by atoms with Gasteiger partial charge in [-0.3, -0.25) is 30.2 Å². The average molecular weight is 366 g/mol. The summed E-state index contributed by atoms with van der Waals surface area (Å²) in [4.78, 5) is 42.5. The average Bonchev–Trinajstić information content (AvgIpc) is 2.72. The minimum Gasteiger partial charge on any atom is -0.339 e. The summed E-state index contributed by atoms with van der Waals surface area (Å²) in [6, 6.07) is 12.5. The number of pyridine rings is 1. The maximum atomic E-state index is 12.6. The first-order valence-electron chi connectivity index (χ1n) is 8.92. The lowest BCUT2D eigenvalue weighted by molar-refractivity contribution is -0.127. The van der Waals surface area contributed by atoms with Gasteiger partial charge in [0, 0.05) is 30.8 Å². The van der Waals surface area contributed by atoms with Crippen LogP contribution in [-0.4, -0.2) is 40.7 Å². The Morgan fingerprint density at radius 2 is 1.70 bits per heavy atom. The first kappa shape index (κ1) is 18.6. The lowest BCUT2D eigenvalue weighted by Crippen LogP contribution is -2.48. The fourth-order valence-electron chi connectivity index (χ4n) is 3.11. The maximum Gasteiger partial charge on any atom is 0.288 e. The number of hydrogen-bond acceptors (Lipinski definition) is 4. The number of carbonyl (C=O) groups excluding carboxylic acids is 3. The van der Waals surface area contributed by atoms with Crippen molar-refractivity contribution in [3.8, 4) is 0 Å². The smallest absolute Gasteiger partial charge is 0.288 e. The van der Waals surface area contributed by atoms with E-state index in [2.05, 4.69) is 15.8 Å². The number of hydrazine groups is 1. The Labute approximate surface area is 157 Å². The van der Waals surface area contributed by atoms with Crippen molar-refractivity contribution in [2.24, 2.45) is 5.92 Å². The van der Waals surface area contributed by atoms with Crippen molar-refractivity contribution in [1.82, 2.24) is 20.7 Å². The first-order chi connectivity index (χ1) is 13.1. The normalized spacial score (nSPS) is 14.5. The Morgan fingerprint density at radius 3 is 2.37 bits per heavy atom. The zero-order chi connectivity index (χ0) is 19.2. The van der Waals surface area contributed by atoms with Gasteiger partial charge in [0.1, 0.15) is 5.69 Å². The highest BCUT2D eigenvalue weighted by Crippen LogP contribution is 2.20. The van der Waals surface area contributed by atoms with Gasteiger partial charge in [0.2, 0.25) is 5.91 Å². The van der Waals surface area contributed by atoms with Crippen LogP contribution in [-0.2, 0) is 4.79 Å². The molecule has 1 aromatic carbocycles. The zero-order valence-corrected chi connectivity index (χ0v) is 15.1. The molecule has 0 bridgehead atoms. The number of nitrogens with one attached hydrogen (secondary N) is 2. The molecule has 0 atom stereocenters. The molecule has 0 radical (unpaired) electrons. The number of aromatic nitrogens is 1. The topological polar surface area (TPSA) is 91.4 Å². The number of hydrogen-bond donors (Lipinski definition) is 2. The number of benzene rings is 1. The molecule has 27 heavy (non-hydrogen) atoms. The molecule has 1 saturated heterocycles. The molecule has 1 aliphatic heterocycles. The predicted molar refractivity (Wildman–Crippen MR) is 99.7 cm³/mol. The van der Waals surface area contributed by atoms with E-state index in [9.17, 15) is 14.4 Å². The van der Waals surface area contributed by atoms with Crippen molar-refractivity contribution in [2.75, 3.05) is 13.1 Å². The molecule has 2 aromatic rings. The molecule has 3 amide bonds. The Hall–Kier alpha value is -3.22. The molecule has 0 saturated carbocycles. The largest absolute Gasteiger partial charge is 0.339 e. The Bertz CT molecular complexity index is 830. The zero-order valence-electron chi connectivity index (χ0n) is 15.1. The molecule has 0 aliphatic carbocycles. The highest BCUT2D eigenvalue weighted by molar-refractivity contribution is 5.96. The predicted octanol–water partition coefficient (Wildman–Crippen LogP) is 1.70. The van der Waals surface area contributed by atoms with Gasteiger partial charge in [-0.05, 0) is 43.5 Å². The number of likely N-dealkylation sites (tertiary alicyclic amines) is 1. The van der Waals surface area contributed by atoms with E-state index in [0.717, 1.165) is 5.56 Å². The van der Waals surface area contributed by atoms with E-state index in [1.807, 2.05) is 31.2 Å². The van der Waals surface area contributed by atoms with Crippen LogP contribution in [0.2, 0.25) is 0 Å². The molecular weight excluding hydrogens is 344 g/mol. The van der Waals surface area contributed by atoms with Gasteiger partial charge >= 0.3 is 0 Å². The summed E-state index contributed by atoms with van der Waals surface area (Å²) in [5, 5.41) is 0. The summed E-state index contributed by atoms with van der Waals surface area (Å²) in [7, 11) is 0. The third-order valence-electron chi connectivity index (χ3n) is 4.73. The van der Waals surface area contributed by atoms with Crippen LogP contribution >= 0.6 is 0 Å². The van der Waals surface area contributed by atoms with E-state index < -0.39 is 5.91 Å². The molecule has 2 N–H and O–H groups in total. The van der Waals surface area contributed by atoms with Crippen molar-refractivity contribution in [3.05, 3.63) is 65.5 Å². The van der Waals surface area contributed by atoms with E-state index in [0.29, 0.717) is 31.5 Å². The van der Waals surface area contributed by atoms with Crippen LogP contribution in [0.5, 0.6) is 0 Å². The second-order valence-corrected chi connectivity index (χ2v) is 6.54.